The summed E-state index contributed by atoms with van der Waals surface area (Å²) in [6.45, 7) is 10.9. The molecule has 24 heavy (non-hydrogen) atoms. The fourth-order valence-electron chi connectivity index (χ4n) is 2.70. The number of aromatic nitrogens is 1. The quantitative estimate of drug-likeness (QED) is 0.197. The van der Waals surface area contributed by atoms with Gasteiger partial charge in [0.15, 0.2) is 5.84 Å². The summed E-state index contributed by atoms with van der Waals surface area (Å²) in [5, 5.41) is 7.72. The van der Waals surface area contributed by atoms with Crippen LogP contribution in [-0.2, 0) is 6.54 Å². The molecule has 0 amide bonds. The highest BCUT2D eigenvalue weighted by atomic mass is 15.3. The third-order valence-electron chi connectivity index (χ3n) is 4.12. The first-order valence-electron chi connectivity index (χ1n) is 7.77. The highest BCUT2D eigenvalue weighted by Crippen LogP contribution is 2.29. The van der Waals surface area contributed by atoms with Gasteiger partial charge >= 0.3 is 0 Å². The van der Waals surface area contributed by atoms with Crippen molar-refractivity contribution in [3.63, 3.8) is 0 Å². The van der Waals surface area contributed by atoms with E-state index in [2.05, 4.69) is 54.4 Å². The van der Waals surface area contributed by atoms with Crippen molar-refractivity contribution in [3.8, 4) is 0 Å². The lowest BCUT2D eigenvalue weighted by molar-refractivity contribution is 0.787. The number of hydrogen-bond acceptors (Lipinski definition) is 2. The lowest BCUT2D eigenvalue weighted by Crippen LogP contribution is -2.12. The summed E-state index contributed by atoms with van der Waals surface area (Å²) in [6.07, 6.45) is 7.87. The van der Waals surface area contributed by atoms with Crippen molar-refractivity contribution in [1.82, 2.24) is 4.57 Å². The van der Waals surface area contributed by atoms with E-state index < -0.39 is 0 Å². The van der Waals surface area contributed by atoms with Gasteiger partial charge in [-0.3, -0.25) is 0 Å². The van der Waals surface area contributed by atoms with Crippen LogP contribution in [0.5, 0.6) is 0 Å². The van der Waals surface area contributed by atoms with E-state index in [4.69, 9.17) is 11.3 Å². The fourth-order valence-corrected chi connectivity index (χ4v) is 2.70. The van der Waals surface area contributed by atoms with E-state index in [0.717, 1.165) is 28.6 Å². The summed E-state index contributed by atoms with van der Waals surface area (Å²) >= 11 is 0. The van der Waals surface area contributed by atoms with Crippen molar-refractivity contribution in [1.29, 1.82) is 5.53 Å². The number of benzene rings is 1. The van der Waals surface area contributed by atoms with Gasteiger partial charge in [-0.05, 0) is 39.0 Å². The van der Waals surface area contributed by atoms with Gasteiger partial charge in [0.1, 0.15) is 0 Å². The minimum atomic E-state index is 0.237. The third-order valence-corrected chi connectivity index (χ3v) is 4.12. The molecule has 0 aliphatic heterocycles. The smallest absolute Gasteiger partial charge is 0.155 e. The molecule has 0 fully saturated rings. The highest BCUT2D eigenvalue weighted by molar-refractivity contribution is 6.02. The Balaban J connectivity index is 2.74. The van der Waals surface area contributed by atoms with Crippen molar-refractivity contribution in [3.05, 3.63) is 65.4 Å². The number of nitrogens with two attached hydrogens (primary N) is 1. The predicted octanol–water partition coefficient (Wildman–Crippen LogP) is 4.77. The molecule has 3 N–H and O–H groups in total. The molecule has 2 rings (SSSR count). The van der Waals surface area contributed by atoms with Crippen molar-refractivity contribution < 1.29 is 0 Å². The van der Waals surface area contributed by atoms with E-state index >= 15 is 0 Å². The van der Waals surface area contributed by atoms with E-state index in [0.29, 0.717) is 0 Å². The monoisotopic (exact) mass is 321 g/mol. The second kappa shape index (κ2) is 7.55. The first-order valence-corrected chi connectivity index (χ1v) is 7.77. The van der Waals surface area contributed by atoms with Gasteiger partial charge in [0.25, 0.3) is 0 Å². The van der Waals surface area contributed by atoms with Crippen molar-refractivity contribution in [2.24, 2.45) is 16.1 Å². The number of amidine groups is 1. The molecular formula is C19H23N5. The molecule has 0 bridgehead atoms. The van der Waals surface area contributed by atoms with E-state index in [1.54, 1.807) is 6.08 Å². The Hall–Kier alpha value is -2.95. The molecule has 0 unspecified atom stereocenters. The summed E-state index contributed by atoms with van der Waals surface area (Å²) in [5.41, 5.74) is 18.2. The Morgan fingerprint density at radius 2 is 2.17 bits per heavy atom. The maximum absolute atomic E-state index is 6.84. The van der Waals surface area contributed by atoms with Crippen molar-refractivity contribution in [2.75, 3.05) is 0 Å². The Labute approximate surface area is 142 Å². The number of rotatable bonds is 6. The molecule has 1 heterocycles. The van der Waals surface area contributed by atoms with Gasteiger partial charge in [-0.1, -0.05) is 41.7 Å². The van der Waals surface area contributed by atoms with Crippen LogP contribution in [0.2, 0.25) is 0 Å². The van der Waals surface area contributed by atoms with Crippen LogP contribution in [0.25, 0.3) is 17.0 Å². The normalized spacial score (nSPS) is 13.0. The van der Waals surface area contributed by atoms with Crippen LogP contribution < -0.4 is 5.73 Å². The van der Waals surface area contributed by atoms with Crippen molar-refractivity contribution >= 4 is 22.8 Å². The van der Waals surface area contributed by atoms with Gasteiger partial charge in [0, 0.05) is 34.3 Å². The zero-order chi connectivity index (χ0) is 17.7. The van der Waals surface area contributed by atoms with Crippen molar-refractivity contribution in [2.45, 2.75) is 27.3 Å². The van der Waals surface area contributed by atoms with Gasteiger partial charge in [-0.15, -0.1) is 5.10 Å². The van der Waals surface area contributed by atoms with Crippen LogP contribution in [0.3, 0.4) is 0 Å². The average molecular weight is 321 g/mol. The van der Waals surface area contributed by atoms with Gasteiger partial charge in [0.2, 0.25) is 0 Å². The van der Waals surface area contributed by atoms with Crippen LogP contribution in [0.1, 0.15) is 30.7 Å². The topological polar surface area (TPSA) is 79.5 Å². The summed E-state index contributed by atoms with van der Waals surface area (Å²) < 4.78 is 2.29. The summed E-state index contributed by atoms with van der Waals surface area (Å²) in [5.74, 6) is 0.237. The zero-order valence-corrected chi connectivity index (χ0v) is 14.4. The molecule has 0 radical (unpaired) electrons. The van der Waals surface area contributed by atoms with Gasteiger partial charge < -0.3 is 10.3 Å². The lowest BCUT2D eigenvalue weighted by Gasteiger charge is -2.09. The molecular weight excluding hydrogens is 298 g/mol. The van der Waals surface area contributed by atoms with Gasteiger partial charge in [-0.25, -0.2) is 0 Å². The van der Waals surface area contributed by atoms with Crippen LogP contribution in [0.4, 0.5) is 0 Å². The molecule has 0 aliphatic carbocycles. The summed E-state index contributed by atoms with van der Waals surface area (Å²) in [7, 11) is 0. The molecule has 5 nitrogen and oxygen atoms in total. The molecule has 0 aliphatic rings. The molecule has 0 saturated carbocycles. The van der Waals surface area contributed by atoms with Crippen LogP contribution >= 0.6 is 0 Å². The van der Waals surface area contributed by atoms with Crippen LogP contribution in [0, 0.1) is 12.5 Å². The molecule has 0 saturated heterocycles. The molecule has 1 aromatic carbocycles. The van der Waals surface area contributed by atoms with E-state index in [-0.39, 0.29) is 5.84 Å². The van der Waals surface area contributed by atoms with E-state index in [9.17, 15) is 0 Å². The zero-order valence-electron chi connectivity index (χ0n) is 14.4. The fraction of sp³-hybridized carbons (Fsp3) is 0.211. The van der Waals surface area contributed by atoms with Crippen LogP contribution in [0.15, 0.2) is 58.9 Å². The number of hydrogen-bond donors (Lipinski definition) is 2. The molecule has 1 aromatic heterocycles. The maximum atomic E-state index is 6.84. The number of fused-ring (bicyclic) bond motifs is 1. The van der Waals surface area contributed by atoms with Gasteiger partial charge in [-0.2, -0.15) is 5.53 Å². The van der Waals surface area contributed by atoms with Gasteiger partial charge in [0.05, 0.1) is 0 Å². The number of nitrogens with zero attached hydrogens (tertiary/aromatic N) is 3. The first kappa shape index (κ1) is 17.4. The minimum absolute atomic E-state index is 0.237. The number of nitrogens with one attached hydrogen (secondary N) is 1. The molecule has 124 valence electrons. The molecule has 0 atom stereocenters. The first-order chi connectivity index (χ1) is 11.5. The average Bonchev–Trinajstić information content (AvgIpc) is 2.84. The van der Waals surface area contributed by atoms with E-state index in [1.165, 1.54) is 11.3 Å². The lowest BCUT2D eigenvalue weighted by atomic mass is 10.1. The molecule has 0 spiro atoms. The Morgan fingerprint density at radius 3 is 2.79 bits per heavy atom. The van der Waals surface area contributed by atoms with E-state index in [1.807, 2.05) is 24.3 Å². The second-order valence-corrected chi connectivity index (χ2v) is 5.63. The largest absolute Gasteiger partial charge is 0.382 e. The third kappa shape index (κ3) is 3.35. The standard InChI is InChI=1S/C19H23N5/c1-5-7-8-16-14(4)24(12-13(3)6-2)18-10-9-15(11-17(16)18)19(20)22-23-21/h5-11H,1,12H2,2-4H3,(H3,20,21,22)/b8-7-,13-6+. The summed E-state index contributed by atoms with van der Waals surface area (Å²) in [6, 6.07) is 5.95. The molecule has 2 aromatic rings. The minimum Gasteiger partial charge on any atom is -0.382 e. The Kier molecular flexibility index (Phi) is 5.47. The summed E-state index contributed by atoms with van der Waals surface area (Å²) in [4.78, 5) is 0. The highest BCUT2D eigenvalue weighted by Gasteiger charge is 2.14. The predicted molar refractivity (Wildman–Crippen MR) is 101 cm³/mol. The Morgan fingerprint density at radius 1 is 1.42 bits per heavy atom. The second-order valence-electron chi connectivity index (χ2n) is 5.63. The van der Waals surface area contributed by atoms with Crippen LogP contribution in [-0.4, -0.2) is 10.4 Å². The maximum Gasteiger partial charge on any atom is 0.155 e. The number of allylic oxidation sites excluding steroid dienone is 4. The molecule has 5 heteroatoms. The Bertz CT molecular complexity index is 865. The SMILES string of the molecule is C=C/C=C\c1c(C)n(C/C(C)=C/C)c2ccc(C(N)=NN=N)cc12.